The number of hydrogen-bond acceptors (Lipinski definition) is 1. The lowest BCUT2D eigenvalue weighted by atomic mass is 10.1. The molecule has 0 aliphatic heterocycles. The monoisotopic (exact) mass is 184 g/mol. The quantitative estimate of drug-likeness (QED) is 0.428. The molecule has 0 heterocycles. The maximum absolute atomic E-state index is 8.56. The molecule has 78 valence electrons. The van der Waals surface area contributed by atoms with Gasteiger partial charge in [-0.2, -0.15) is 0 Å². The van der Waals surface area contributed by atoms with Crippen LogP contribution in [0.15, 0.2) is 12.2 Å². The van der Waals surface area contributed by atoms with Crippen LogP contribution < -0.4 is 0 Å². The standard InChI is InChI=1S/C12H24O/c1-2-3-4-5-6-7-8-9-10-11-12-13/h3-4,13H,2,5-12H2,1H3. The molecule has 0 amide bonds. The molecule has 0 radical (unpaired) electrons. The van der Waals surface area contributed by atoms with E-state index in [1.54, 1.807) is 0 Å². The van der Waals surface area contributed by atoms with E-state index in [2.05, 4.69) is 19.1 Å². The Balaban J connectivity index is 2.87. The number of hydrogen-bond donors (Lipinski definition) is 1. The van der Waals surface area contributed by atoms with Gasteiger partial charge in [0, 0.05) is 6.61 Å². The zero-order valence-electron chi connectivity index (χ0n) is 8.97. The van der Waals surface area contributed by atoms with E-state index in [0.29, 0.717) is 6.61 Å². The first kappa shape index (κ1) is 12.7. The van der Waals surface area contributed by atoms with Gasteiger partial charge in [-0.3, -0.25) is 0 Å². The molecule has 0 saturated heterocycles. The second kappa shape index (κ2) is 11.7. The predicted molar refractivity (Wildman–Crippen MR) is 58.8 cm³/mol. The van der Waals surface area contributed by atoms with E-state index in [1.807, 2.05) is 0 Å². The van der Waals surface area contributed by atoms with Crippen molar-refractivity contribution in [3.05, 3.63) is 12.2 Å². The molecule has 1 nitrogen and oxygen atoms in total. The van der Waals surface area contributed by atoms with Crippen LogP contribution in [0.25, 0.3) is 0 Å². The van der Waals surface area contributed by atoms with E-state index in [1.165, 1.54) is 38.5 Å². The molecule has 0 bridgehead atoms. The Morgan fingerprint density at radius 3 is 2.08 bits per heavy atom. The van der Waals surface area contributed by atoms with Gasteiger partial charge in [0.15, 0.2) is 0 Å². The van der Waals surface area contributed by atoms with Crippen molar-refractivity contribution in [3.8, 4) is 0 Å². The molecule has 0 aliphatic carbocycles. The first-order valence-corrected chi connectivity index (χ1v) is 5.67. The van der Waals surface area contributed by atoms with Crippen LogP contribution in [-0.4, -0.2) is 11.7 Å². The van der Waals surface area contributed by atoms with E-state index < -0.39 is 0 Å². The van der Waals surface area contributed by atoms with Gasteiger partial charge in [-0.15, -0.1) is 0 Å². The van der Waals surface area contributed by atoms with Gasteiger partial charge in [0.1, 0.15) is 0 Å². The Labute approximate surface area is 82.9 Å². The van der Waals surface area contributed by atoms with Crippen molar-refractivity contribution < 1.29 is 5.11 Å². The summed E-state index contributed by atoms with van der Waals surface area (Å²) in [6.07, 6.45) is 14.4. The highest BCUT2D eigenvalue weighted by Crippen LogP contribution is 2.07. The lowest BCUT2D eigenvalue weighted by molar-refractivity contribution is 0.282. The minimum atomic E-state index is 0.360. The van der Waals surface area contributed by atoms with E-state index in [0.717, 1.165) is 12.8 Å². The van der Waals surface area contributed by atoms with Gasteiger partial charge in [0.25, 0.3) is 0 Å². The van der Waals surface area contributed by atoms with Gasteiger partial charge < -0.3 is 5.11 Å². The molecule has 0 atom stereocenters. The van der Waals surface area contributed by atoms with Gasteiger partial charge >= 0.3 is 0 Å². The molecule has 0 unspecified atom stereocenters. The Hall–Kier alpha value is -0.300. The first-order chi connectivity index (χ1) is 6.41. The Kier molecular flexibility index (Phi) is 11.4. The third-order valence-corrected chi connectivity index (χ3v) is 2.18. The number of allylic oxidation sites excluding steroid dienone is 2. The van der Waals surface area contributed by atoms with Crippen LogP contribution >= 0.6 is 0 Å². The highest BCUT2D eigenvalue weighted by Gasteiger charge is 1.89. The molecular weight excluding hydrogens is 160 g/mol. The van der Waals surface area contributed by atoms with Gasteiger partial charge in [-0.25, -0.2) is 0 Å². The van der Waals surface area contributed by atoms with E-state index >= 15 is 0 Å². The lowest BCUT2D eigenvalue weighted by Crippen LogP contribution is -1.83. The van der Waals surface area contributed by atoms with Crippen molar-refractivity contribution in [1.29, 1.82) is 0 Å². The molecule has 0 aromatic carbocycles. The lowest BCUT2D eigenvalue weighted by Gasteiger charge is -1.98. The van der Waals surface area contributed by atoms with Crippen LogP contribution in [0.4, 0.5) is 0 Å². The third kappa shape index (κ3) is 11.7. The summed E-state index contributed by atoms with van der Waals surface area (Å²) in [5.74, 6) is 0. The zero-order chi connectivity index (χ0) is 9.78. The molecule has 13 heavy (non-hydrogen) atoms. The SMILES string of the molecule is CCC=CCCCCCCCCO. The summed E-state index contributed by atoms with van der Waals surface area (Å²) in [5.41, 5.74) is 0. The largest absolute Gasteiger partial charge is 0.396 e. The second-order valence-electron chi connectivity index (χ2n) is 3.51. The summed E-state index contributed by atoms with van der Waals surface area (Å²) < 4.78 is 0. The average Bonchev–Trinajstić information content (AvgIpc) is 2.16. The van der Waals surface area contributed by atoms with Crippen LogP contribution in [-0.2, 0) is 0 Å². The fraction of sp³-hybridized carbons (Fsp3) is 0.833. The smallest absolute Gasteiger partial charge is 0.0431 e. The van der Waals surface area contributed by atoms with Crippen LogP contribution in [0.5, 0.6) is 0 Å². The van der Waals surface area contributed by atoms with Gasteiger partial charge in [0.2, 0.25) is 0 Å². The minimum absolute atomic E-state index is 0.360. The fourth-order valence-electron chi connectivity index (χ4n) is 1.37. The van der Waals surface area contributed by atoms with Crippen LogP contribution in [0.2, 0.25) is 0 Å². The maximum atomic E-state index is 8.56. The van der Waals surface area contributed by atoms with Crippen molar-refractivity contribution in [1.82, 2.24) is 0 Å². The fourth-order valence-corrected chi connectivity index (χ4v) is 1.37. The van der Waals surface area contributed by atoms with E-state index in [9.17, 15) is 0 Å². The van der Waals surface area contributed by atoms with Crippen LogP contribution in [0.3, 0.4) is 0 Å². The van der Waals surface area contributed by atoms with E-state index in [4.69, 9.17) is 5.11 Å². The van der Waals surface area contributed by atoms with Crippen molar-refractivity contribution in [3.63, 3.8) is 0 Å². The predicted octanol–water partition coefficient (Wildman–Crippen LogP) is 3.68. The topological polar surface area (TPSA) is 20.2 Å². The Morgan fingerprint density at radius 2 is 1.46 bits per heavy atom. The summed E-state index contributed by atoms with van der Waals surface area (Å²) >= 11 is 0. The molecule has 0 aromatic rings. The molecule has 0 spiro atoms. The summed E-state index contributed by atoms with van der Waals surface area (Å²) in [6, 6.07) is 0. The van der Waals surface area contributed by atoms with Crippen molar-refractivity contribution in [2.45, 2.75) is 58.3 Å². The average molecular weight is 184 g/mol. The summed E-state index contributed by atoms with van der Waals surface area (Å²) in [5, 5.41) is 8.56. The summed E-state index contributed by atoms with van der Waals surface area (Å²) in [6.45, 7) is 2.53. The molecular formula is C12H24O. The molecule has 0 fully saturated rings. The Bertz CT molecular complexity index is 108. The molecule has 1 N–H and O–H groups in total. The highest BCUT2D eigenvalue weighted by atomic mass is 16.2. The Morgan fingerprint density at radius 1 is 0.846 bits per heavy atom. The van der Waals surface area contributed by atoms with Gasteiger partial charge in [-0.1, -0.05) is 44.8 Å². The molecule has 1 heteroatoms. The summed E-state index contributed by atoms with van der Waals surface area (Å²) in [7, 11) is 0. The van der Waals surface area contributed by atoms with Gasteiger partial charge in [-0.05, 0) is 25.7 Å². The molecule has 0 aliphatic rings. The van der Waals surface area contributed by atoms with Gasteiger partial charge in [0.05, 0.1) is 0 Å². The zero-order valence-corrected chi connectivity index (χ0v) is 8.97. The molecule has 0 saturated carbocycles. The first-order valence-electron chi connectivity index (χ1n) is 5.67. The molecule has 0 aromatic heterocycles. The summed E-state index contributed by atoms with van der Waals surface area (Å²) in [4.78, 5) is 0. The van der Waals surface area contributed by atoms with Crippen molar-refractivity contribution in [2.24, 2.45) is 0 Å². The van der Waals surface area contributed by atoms with Crippen LogP contribution in [0.1, 0.15) is 58.3 Å². The van der Waals surface area contributed by atoms with Crippen molar-refractivity contribution in [2.75, 3.05) is 6.61 Å². The number of unbranched alkanes of at least 4 members (excludes halogenated alkanes) is 6. The minimum Gasteiger partial charge on any atom is -0.396 e. The number of aliphatic hydroxyl groups is 1. The number of rotatable bonds is 9. The third-order valence-electron chi connectivity index (χ3n) is 2.18. The highest BCUT2D eigenvalue weighted by molar-refractivity contribution is 4.79. The van der Waals surface area contributed by atoms with Crippen LogP contribution in [0, 0.1) is 0 Å². The maximum Gasteiger partial charge on any atom is 0.0431 e. The molecule has 0 rings (SSSR count). The van der Waals surface area contributed by atoms with E-state index in [-0.39, 0.29) is 0 Å². The number of aliphatic hydroxyl groups excluding tert-OH is 1. The van der Waals surface area contributed by atoms with Crippen molar-refractivity contribution >= 4 is 0 Å². The normalized spacial score (nSPS) is 11.2. The second-order valence-corrected chi connectivity index (χ2v) is 3.51.